The number of rotatable bonds is 6. The van der Waals surface area contributed by atoms with Crippen LogP contribution in [0.4, 0.5) is 0 Å². The fraction of sp³-hybridized carbons (Fsp3) is 0. The van der Waals surface area contributed by atoms with Crippen molar-refractivity contribution in [3.63, 3.8) is 0 Å². The minimum Gasteiger partial charge on any atom is -0.254 e. The van der Waals surface area contributed by atoms with Gasteiger partial charge in [0.05, 0.1) is 33.1 Å². The van der Waals surface area contributed by atoms with Crippen molar-refractivity contribution in [1.29, 1.82) is 0 Å². The first-order valence-electron chi connectivity index (χ1n) is 26.1. The largest absolute Gasteiger partial charge is 0.254 e. The van der Waals surface area contributed by atoms with Crippen LogP contribution in [0.1, 0.15) is 0 Å². The molecule has 7 heteroatoms. The van der Waals surface area contributed by atoms with Gasteiger partial charge < -0.3 is 0 Å². The van der Waals surface area contributed by atoms with Crippen LogP contribution in [0.3, 0.4) is 0 Å². The van der Waals surface area contributed by atoms with Gasteiger partial charge in [-0.25, -0.2) is 0 Å². The smallest absolute Gasteiger partial charge is 0.0970 e. The van der Waals surface area contributed by atoms with Gasteiger partial charge in [-0.2, -0.15) is 0 Å². The van der Waals surface area contributed by atoms with Crippen LogP contribution in [0.5, 0.6) is 0 Å². The van der Waals surface area contributed by atoms with E-state index >= 15 is 0 Å². The number of hydrogen-bond donors (Lipinski definition) is 0. The van der Waals surface area contributed by atoms with Crippen molar-refractivity contribution in [3.8, 4) is 66.8 Å². The predicted octanol–water partition coefficient (Wildman–Crippen LogP) is 18.3. The minimum atomic E-state index is 0. The zero-order valence-electron chi connectivity index (χ0n) is 42.7. The summed E-state index contributed by atoms with van der Waals surface area (Å²) < 4.78 is 0. The van der Waals surface area contributed by atoms with Gasteiger partial charge in [-0.15, -0.1) is 0 Å². The van der Waals surface area contributed by atoms with Crippen LogP contribution < -0.4 is 0 Å². The molecular weight excluding hydrogens is 1050 g/mol. The molecule has 9 aromatic carbocycles. The van der Waals surface area contributed by atoms with Crippen LogP contribution in [-0.4, -0.2) is 29.9 Å². The molecule has 0 saturated carbocycles. The summed E-state index contributed by atoms with van der Waals surface area (Å²) in [6, 6.07) is 88.0. The quantitative estimate of drug-likeness (QED) is 0.122. The first-order valence-corrected chi connectivity index (χ1v) is 26.1. The molecule has 0 amide bonds. The maximum absolute atomic E-state index is 4.67. The Bertz CT molecular complexity index is 3820. The molecule has 15 aromatic rings. The Morgan fingerprint density at radius 3 is 0.430 bits per heavy atom. The normalized spacial score (nSPS) is 10.9. The van der Waals surface area contributed by atoms with E-state index in [2.05, 4.69) is 248 Å². The molecule has 6 aromatic heterocycles. The Morgan fingerprint density at radius 1 is 0.152 bits per heavy atom. The van der Waals surface area contributed by atoms with Gasteiger partial charge in [0.15, 0.2) is 0 Å². The molecule has 6 heterocycles. The van der Waals surface area contributed by atoms with Gasteiger partial charge in [-0.3, -0.25) is 29.9 Å². The summed E-state index contributed by atoms with van der Waals surface area (Å²) >= 11 is 0. The van der Waals surface area contributed by atoms with Crippen molar-refractivity contribution >= 4 is 65.4 Å². The molecule has 15 rings (SSSR count). The van der Waals surface area contributed by atoms with Crippen molar-refractivity contribution in [3.05, 3.63) is 292 Å². The number of nitrogens with zero attached hydrogens (tertiary/aromatic N) is 6. The van der Waals surface area contributed by atoms with E-state index < -0.39 is 0 Å². The van der Waals surface area contributed by atoms with Gasteiger partial charge >= 0.3 is 0 Å². The van der Waals surface area contributed by atoms with E-state index in [1.165, 1.54) is 66.8 Å². The SMILES string of the molecule is [Rh].c1ccc(-c2ccnc3c2ccc2c(-c4ccccc4)ccnc23)cc1.c1ccc(-c2ccnc3c2ccc2c(-c4ccccc4)ccnc23)cc1.c1ccc(-c2ccnc3c2ccc2c(-c4ccccc4)ccnc23)cc1. The molecule has 1 radical (unpaired) electrons. The monoisotopic (exact) mass is 1100 g/mol. The molecule has 0 aliphatic rings. The maximum atomic E-state index is 4.67. The molecule has 6 nitrogen and oxygen atoms in total. The van der Waals surface area contributed by atoms with Crippen molar-refractivity contribution in [2.75, 3.05) is 0 Å². The average molecular weight is 1100 g/mol. The third kappa shape index (κ3) is 9.92. The summed E-state index contributed by atoms with van der Waals surface area (Å²) in [6.45, 7) is 0. The summed E-state index contributed by atoms with van der Waals surface area (Å²) in [5.74, 6) is 0. The molecule has 79 heavy (non-hydrogen) atoms. The van der Waals surface area contributed by atoms with Crippen LogP contribution in [0, 0.1) is 0 Å². The molecular formula is C72H48N6Rh. The Balaban J connectivity index is 0.000000118. The Kier molecular flexibility index (Phi) is 14.4. The van der Waals surface area contributed by atoms with E-state index in [9.17, 15) is 0 Å². The molecule has 0 bridgehead atoms. The maximum Gasteiger partial charge on any atom is 0.0970 e. The third-order valence-corrected chi connectivity index (χ3v) is 14.4. The van der Waals surface area contributed by atoms with Crippen LogP contribution in [-0.2, 0) is 19.5 Å². The van der Waals surface area contributed by atoms with E-state index in [-0.39, 0.29) is 19.5 Å². The third-order valence-electron chi connectivity index (χ3n) is 14.4. The molecule has 0 aliphatic heterocycles. The number of benzene rings is 9. The number of pyridine rings is 6. The van der Waals surface area contributed by atoms with Gasteiger partial charge in [-0.1, -0.05) is 218 Å². The van der Waals surface area contributed by atoms with Gasteiger partial charge in [0.2, 0.25) is 0 Å². The molecule has 0 saturated heterocycles. The van der Waals surface area contributed by atoms with Crippen molar-refractivity contribution in [2.45, 2.75) is 0 Å². The average Bonchev–Trinajstić information content (AvgIpc) is 3.63. The van der Waals surface area contributed by atoms with E-state index in [4.69, 9.17) is 0 Å². The fourth-order valence-corrected chi connectivity index (χ4v) is 10.7. The Morgan fingerprint density at radius 2 is 0.291 bits per heavy atom. The first-order chi connectivity index (χ1) is 38.7. The van der Waals surface area contributed by atoms with E-state index in [1.807, 2.05) is 73.6 Å². The number of fused-ring (bicyclic) bond motifs is 9. The second-order valence-electron chi connectivity index (χ2n) is 18.9. The zero-order chi connectivity index (χ0) is 52.0. The van der Waals surface area contributed by atoms with Crippen LogP contribution >= 0.6 is 0 Å². The standard InChI is InChI=1S/3C24H16N2.Rh/c3*1-3-7-17(8-4-1)19-13-15-25-23-21(19)11-12-22-20(14-16-26-24(22)23)18-9-5-2-6-10-18;/h3*1-16H;. The van der Waals surface area contributed by atoms with Gasteiger partial charge in [0.1, 0.15) is 0 Å². The van der Waals surface area contributed by atoms with E-state index in [0.29, 0.717) is 0 Å². The second kappa shape index (κ2) is 22.7. The van der Waals surface area contributed by atoms with E-state index in [0.717, 1.165) is 65.4 Å². The molecule has 0 N–H and O–H groups in total. The molecule has 375 valence electrons. The topological polar surface area (TPSA) is 77.3 Å². The number of aromatic nitrogens is 6. The van der Waals surface area contributed by atoms with Crippen LogP contribution in [0.25, 0.3) is 132 Å². The van der Waals surface area contributed by atoms with Crippen molar-refractivity contribution in [2.24, 2.45) is 0 Å². The number of hydrogen-bond acceptors (Lipinski definition) is 6. The van der Waals surface area contributed by atoms with Gasteiger partial charge in [-0.05, 0) is 103 Å². The van der Waals surface area contributed by atoms with Crippen LogP contribution in [0.2, 0.25) is 0 Å². The molecule has 0 atom stereocenters. The summed E-state index contributed by atoms with van der Waals surface area (Å²) in [5, 5.41) is 6.77. The summed E-state index contributed by atoms with van der Waals surface area (Å²) in [6.07, 6.45) is 11.3. The molecule has 0 fully saturated rings. The minimum absolute atomic E-state index is 0. The second-order valence-corrected chi connectivity index (χ2v) is 18.9. The predicted molar refractivity (Wildman–Crippen MR) is 324 cm³/mol. The fourth-order valence-electron chi connectivity index (χ4n) is 10.7. The Labute approximate surface area is 470 Å². The first kappa shape index (κ1) is 49.9. The summed E-state index contributed by atoms with van der Waals surface area (Å²) in [7, 11) is 0. The van der Waals surface area contributed by atoms with Gasteiger partial charge in [0.25, 0.3) is 0 Å². The van der Waals surface area contributed by atoms with E-state index in [1.54, 1.807) is 0 Å². The Hall–Kier alpha value is -9.94. The van der Waals surface area contributed by atoms with Crippen molar-refractivity contribution in [1.82, 2.24) is 29.9 Å². The van der Waals surface area contributed by atoms with Crippen molar-refractivity contribution < 1.29 is 19.5 Å². The molecule has 0 spiro atoms. The van der Waals surface area contributed by atoms with Crippen LogP contribution in [0.15, 0.2) is 292 Å². The summed E-state index contributed by atoms with van der Waals surface area (Å²) in [4.78, 5) is 28.0. The zero-order valence-corrected chi connectivity index (χ0v) is 44.4. The molecule has 0 aliphatic carbocycles. The molecule has 0 unspecified atom stereocenters. The summed E-state index contributed by atoms with van der Waals surface area (Å²) in [5.41, 5.74) is 19.9. The van der Waals surface area contributed by atoms with Gasteiger partial charge in [0, 0.05) is 89.0 Å².